The third kappa shape index (κ3) is 2.76. The number of hydrogen-bond acceptors (Lipinski definition) is 3. The molecule has 3 nitrogen and oxygen atoms in total. The summed E-state index contributed by atoms with van der Waals surface area (Å²) in [5.74, 6) is 0. The third-order valence-corrected chi connectivity index (χ3v) is 4.17. The van der Waals surface area contributed by atoms with Crippen LogP contribution in [0.3, 0.4) is 0 Å². The van der Waals surface area contributed by atoms with Crippen LogP contribution in [0.15, 0.2) is 90.0 Å². The quantitative estimate of drug-likeness (QED) is 0.701. The van der Waals surface area contributed by atoms with Crippen LogP contribution in [-0.4, -0.2) is 12.3 Å². The minimum atomic E-state index is 0.752. The maximum atomic E-state index is 4.88. The highest BCUT2D eigenvalue weighted by Gasteiger charge is 2.26. The number of aryl methyl sites for hydroxylation is 1. The van der Waals surface area contributed by atoms with Crippen molar-refractivity contribution in [1.82, 2.24) is 0 Å². The first-order valence-corrected chi connectivity index (χ1v) is 8.13. The number of hydrogen-bond donors (Lipinski definition) is 0. The molecule has 0 amide bonds. The van der Waals surface area contributed by atoms with E-state index < -0.39 is 0 Å². The third-order valence-electron chi connectivity index (χ3n) is 4.17. The van der Waals surface area contributed by atoms with Crippen LogP contribution < -0.4 is 10.1 Å². The lowest BCUT2D eigenvalue weighted by atomic mass is 10.1. The summed E-state index contributed by atoms with van der Waals surface area (Å²) >= 11 is 0. The molecule has 3 aromatic carbocycles. The zero-order valence-corrected chi connectivity index (χ0v) is 13.6. The minimum absolute atomic E-state index is 0.752. The van der Waals surface area contributed by atoms with Crippen LogP contribution in [-0.2, 0) is 0 Å². The van der Waals surface area contributed by atoms with Crippen molar-refractivity contribution in [2.24, 2.45) is 5.10 Å². The maximum Gasteiger partial charge on any atom is 0.0917 e. The molecule has 0 unspecified atom stereocenters. The summed E-state index contributed by atoms with van der Waals surface area (Å²) in [5, 5.41) is 9.08. The van der Waals surface area contributed by atoms with E-state index in [2.05, 4.69) is 72.6 Å². The van der Waals surface area contributed by atoms with Crippen molar-refractivity contribution in [3.8, 4) is 0 Å². The molecule has 0 radical (unpaired) electrons. The molecule has 3 aromatic rings. The molecule has 0 aromatic heterocycles. The normalized spacial score (nSPS) is 14.0. The fourth-order valence-electron chi connectivity index (χ4n) is 2.86. The van der Waals surface area contributed by atoms with Crippen molar-refractivity contribution in [3.05, 3.63) is 96.1 Å². The Hall–Kier alpha value is -3.07. The average Bonchev–Trinajstić information content (AvgIpc) is 3.09. The van der Waals surface area contributed by atoms with Gasteiger partial charge in [0, 0.05) is 0 Å². The van der Waals surface area contributed by atoms with Gasteiger partial charge in [0.15, 0.2) is 0 Å². The smallest absolute Gasteiger partial charge is 0.0917 e. The molecular formula is C21H19N3. The Morgan fingerprint density at radius 1 is 0.708 bits per heavy atom. The van der Waals surface area contributed by atoms with Gasteiger partial charge in [0.1, 0.15) is 0 Å². The van der Waals surface area contributed by atoms with Gasteiger partial charge in [-0.25, -0.2) is 0 Å². The lowest BCUT2D eigenvalue weighted by molar-refractivity contribution is 0.853. The number of hydrazone groups is 1. The number of benzene rings is 3. The summed E-state index contributed by atoms with van der Waals surface area (Å²) in [5.41, 5.74) is 5.68. The Labute approximate surface area is 142 Å². The molecule has 0 fully saturated rings. The molecule has 0 N–H and O–H groups in total. The molecule has 118 valence electrons. The van der Waals surface area contributed by atoms with Crippen molar-refractivity contribution < 1.29 is 0 Å². The molecule has 1 aliphatic rings. The summed E-state index contributed by atoms with van der Waals surface area (Å²) in [6.45, 7) is 2.86. The Morgan fingerprint density at radius 3 is 2.00 bits per heavy atom. The highest BCUT2D eigenvalue weighted by Crippen LogP contribution is 2.28. The summed E-state index contributed by atoms with van der Waals surface area (Å²) < 4.78 is 0. The molecule has 0 spiro atoms. The highest BCUT2D eigenvalue weighted by atomic mass is 15.8. The van der Waals surface area contributed by atoms with E-state index in [1.165, 1.54) is 5.56 Å². The lowest BCUT2D eigenvalue weighted by Gasteiger charge is -2.28. The van der Waals surface area contributed by atoms with Crippen LogP contribution in [0.2, 0.25) is 0 Å². The molecule has 1 heterocycles. The first kappa shape index (κ1) is 14.5. The molecule has 0 bridgehead atoms. The maximum absolute atomic E-state index is 4.88. The van der Waals surface area contributed by atoms with E-state index in [0.29, 0.717) is 0 Å². The van der Waals surface area contributed by atoms with Crippen LogP contribution in [0, 0.1) is 6.92 Å². The zero-order valence-electron chi connectivity index (χ0n) is 13.6. The minimum Gasteiger partial charge on any atom is -0.259 e. The lowest BCUT2D eigenvalue weighted by Crippen LogP contribution is -2.35. The van der Waals surface area contributed by atoms with Gasteiger partial charge in [-0.2, -0.15) is 10.2 Å². The van der Waals surface area contributed by atoms with Crippen LogP contribution in [0.4, 0.5) is 11.4 Å². The fourth-order valence-corrected chi connectivity index (χ4v) is 2.86. The van der Waals surface area contributed by atoms with Gasteiger partial charge in [-0.05, 0) is 36.8 Å². The fraction of sp³-hybridized carbons (Fsp3) is 0.0952. The van der Waals surface area contributed by atoms with Crippen LogP contribution in [0.1, 0.15) is 11.1 Å². The van der Waals surface area contributed by atoms with E-state index >= 15 is 0 Å². The van der Waals surface area contributed by atoms with E-state index in [1.54, 1.807) is 0 Å². The predicted molar refractivity (Wildman–Crippen MR) is 100 cm³/mol. The zero-order chi connectivity index (χ0) is 16.4. The SMILES string of the molecule is Cc1ccc(N2CC(c3ccccc3)=NN2c2ccccc2)cc1. The molecule has 0 atom stereocenters. The van der Waals surface area contributed by atoms with Gasteiger partial charge in [0.05, 0.1) is 23.6 Å². The standard InChI is InChI=1S/C21H19N3/c1-17-12-14-19(15-13-17)23-16-21(18-8-4-2-5-9-18)22-24(23)20-10-6-3-7-11-20/h2-15H,16H2,1H3. The molecule has 3 heteroatoms. The molecule has 24 heavy (non-hydrogen) atoms. The largest absolute Gasteiger partial charge is 0.259 e. The number of hydrazine groups is 1. The van der Waals surface area contributed by atoms with E-state index in [9.17, 15) is 0 Å². The summed E-state index contributed by atoms with van der Waals surface area (Å²) in [4.78, 5) is 0. The number of nitrogens with zero attached hydrogens (tertiary/aromatic N) is 3. The van der Waals surface area contributed by atoms with E-state index in [1.807, 2.05) is 29.4 Å². The second-order valence-corrected chi connectivity index (χ2v) is 5.93. The second kappa shape index (κ2) is 6.20. The van der Waals surface area contributed by atoms with E-state index in [4.69, 9.17) is 5.10 Å². The first-order chi connectivity index (χ1) is 11.8. The van der Waals surface area contributed by atoms with Gasteiger partial charge in [0.2, 0.25) is 0 Å². The van der Waals surface area contributed by atoms with Crippen molar-refractivity contribution in [2.45, 2.75) is 6.92 Å². The number of rotatable bonds is 3. The topological polar surface area (TPSA) is 18.8 Å². The Balaban J connectivity index is 1.74. The van der Waals surface area contributed by atoms with E-state index in [0.717, 1.165) is 29.2 Å². The molecule has 0 saturated heterocycles. The van der Waals surface area contributed by atoms with Gasteiger partial charge in [-0.3, -0.25) is 5.01 Å². The Morgan fingerprint density at radius 2 is 1.33 bits per heavy atom. The van der Waals surface area contributed by atoms with Gasteiger partial charge >= 0.3 is 0 Å². The molecule has 0 aliphatic carbocycles. The number of para-hydroxylation sites is 1. The van der Waals surface area contributed by atoms with Crippen LogP contribution in [0.25, 0.3) is 0 Å². The molecule has 0 saturated carbocycles. The van der Waals surface area contributed by atoms with Crippen LogP contribution >= 0.6 is 0 Å². The summed E-state index contributed by atoms with van der Waals surface area (Å²) in [6, 6.07) is 29.2. The van der Waals surface area contributed by atoms with Crippen LogP contribution in [0.5, 0.6) is 0 Å². The Bertz CT molecular complexity index is 839. The molecule has 4 rings (SSSR count). The first-order valence-electron chi connectivity index (χ1n) is 8.13. The van der Waals surface area contributed by atoms with Gasteiger partial charge in [0.25, 0.3) is 0 Å². The molecule has 1 aliphatic heterocycles. The van der Waals surface area contributed by atoms with Crippen molar-refractivity contribution in [2.75, 3.05) is 16.7 Å². The summed E-state index contributed by atoms with van der Waals surface area (Å²) in [7, 11) is 0. The second-order valence-electron chi connectivity index (χ2n) is 5.93. The molecular weight excluding hydrogens is 294 g/mol. The van der Waals surface area contributed by atoms with Gasteiger partial charge in [-0.15, -0.1) is 0 Å². The number of anilines is 2. The Kier molecular flexibility index (Phi) is 3.75. The highest BCUT2D eigenvalue weighted by molar-refractivity contribution is 6.06. The average molecular weight is 313 g/mol. The van der Waals surface area contributed by atoms with Crippen molar-refractivity contribution in [1.29, 1.82) is 0 Å². The summed E-state index contributed by atoms with van der Waals surface area (Å²) in [6.07, 6.45) is 0. The van der Waals surface area contributed by atoms with E-state index in [-0.39, 0.29) is 0 Å². The predicted octanol–water partition coefficient (Wildman–Crippen LogP) is 4.64. The van der Waals surface area contributed by atoms with Crippen molar-refractivity contribution >= 4 is 17.1 Å². The van der Waals surface area contributed by atoms with Gasteiger partial charge in [-0.1, -0.05) is 66.2 Å². The van der Waals surface area contributed by atoms with Crippen molar-refractivity contribution in [3.63, 3.8) is 0 Å². The monoisotopic (exact) mass is 313 g/mol. The van der Waals surface area contributed by atoms with Gasteiger partial charge < -0.3 is 0 Å².